The summed E-state index contributed by atoms with van der Waals surface area (Å²) >= 11 is 0. The Hall–Kier alpha value is -11.5. The Balaban J connectivity index is 1.02. The average molecular weight is 1140 g/mol. The van der Waals surface area contributed by atoms with E-state index in [0.29, 0.717) is 6.54 Å². The molecule has 0 amide bonds. The predicted molar refractivity (Wildman–Crippen MR) is 373 cm³/mol. The van der Waals surface area contributed by atoms with Gasteiger partial charge in [0.05, 0.1) is 34.3 Å². The summed E-state index contributed by atoms with van der Waals surface area (Å²) in [7, 11) is 0. The molecule has 1 atom stereocenters. The van der Waals surface area contributed by atoms with Crippen LogP contribution in [0.5, 0.6) is 0 Å². The third-order valence-electron chi connectivity index (χ3n) is 18.8. The number of aromatic nitrogens is 3. The van der Waals surface area contributed by atoms with E-state index in [9.17, 15) is 0 Å². The summed E-state index contributed by atoms with van der Waals surface area (Å²) in [6.07, 6.45) is 6.30. The summed E-state index contributed by atoms with van der Waals surface area (Å²) in [6.45, 7) is 0.355. The van der Waals surface area contributed by atoms with Crippen molar-refractivity contribution in [3.8, 4) is 44.8 Å². The van der Waals surface area contributed by atoms with E-state index in [-0.39, 0.29) is 12.6 Å². The number of hydrogen-bond acceptors (Lipinski definition) is 4. The molecule has 0 saturated carbocycles. The highest BCUT2D eigenvalue weighted by molar-refractivity contribution is 7.00. The van der Waals surface area contributed by atoms with Crippen molar-refractivity contribution in [3.05, 3.63) is 326 Å². The number of fused-ring (bicyclic) bond motifs is 10. The van der Waals surface area contributed by atoms with Gasteiger partial charge in [-0.3, -0.25) is 9.98 Å². The standard InChI is InChI=1S/C82H55BN6/c1-6-24-54(25-7-1)59-46-78-80-79(47-59)89(82-68(57-30-12-4-13-31-57)52-85-53-69(82)58-32-14-5-15-33-58)77-49-61(87-74-40-22-18-36-64(74)65-37-19-23-41-75(65)87)43-45-71(77)83(80)70-44-42-60(86-72-38-20-16-34-62(72)63-35-17-21-39-73(63)86)48-76(70)88(78)81-66(55-26-8-2-9-27-55)50-84-51-67(81)56-28-10-3-11-29-56/h1-52,69H,53H2. The largest absolute Gasteiger partial charge is 0.314 e. The van der Waals surface area contributed by atoms with Crippen LogP contribution in [0, 0.1) is 0 Å². The Morgan fingerprint density at radius 2 is 0.753 bits per heavy atom. The molecule has 6 nitrogen and oxygen atoms in total. The molecule has 416 valence electrons. The van der Waals surface area contributed by atoms with E-state index < -0.39 is 0 Å². The van der Waals surface area contributed by atoms with Crippen LogP contribution >= 0.6 is 0 Å². The van der Waals surface area contributed by atoms with Gasteiger partial charge in [0.15, 0.2) is 0 Å². The Labute approximate surface area is 516 Å². The van der Waals surface area contributed by atoms with Gasteiger partial charge < -0.3 is 18.9 Å². The summed E-state index contributed by atoms with van der Waals surface area (Å²) in [4.78, 5) is 15.7. The first-order chi connectivity index (χ1) is 44.2. The monoisotopic (exact) mass is 1130 g/mol. The quantitative estimate of drug-likeness (QED) is 0.135. The number of rotatable bonds is 9. The molecule has 12 aromatic carbocycles. The van der Waals surface area contributed by atoms with Gasteiger partial charge in [0, 0.05) is 103 Å². The lowest BCUT2D eigenvalue weighted by Gasteiger charge is -2.47. The maximum Gasteiger partial charge on any atom is 0.252 e. The summed E-state index contributed by atoms with van der Waals surface area (Å²) < 4.78 is 4.94. The van der Waals surface area contributed by atoms with Crippen molar-refractivity contribution in [2.75, 3.05) is 16.3 Å². The third-order valence-corrected chi connectivity index (χ3v) is 18.8. The van der Waals surface area contributed by atoms with Crippen LogP contribution in [0.1, 0.15) is 17.0 Å². The van der Waals surface area contributed by atoms with Gasteiger partial charge in [0.1, 0.15) is 0 Å². The second kappa shape index (κ2) is 20.6. The van der Waals surface area contributed by atoms with Crippen LogP contribution in [0.25, 0.3) is 93.9 Å². The number of aliphatic imine (C=N–C) groups is 1. The lowest BCUT2D eigenvalue weighted by molar-refractivity contribution is 0.778. The second-order valence-corrected chi connectivity index (χ2v) is 23.6. The molecule has 3 aromatic heterocycles. The summed E-state index contributed by atoms with van der Waals surface area (Å²) in [5.41, 5.74) is 27.0. The molecular weight excluding hydrogens is 1080 g/mol. The maximum atomic E-state index is 5.30. The SMILES string of the molecule is C1=NCC(c2ccccc2)C(N2c3cc(-n4c5ccccc5c5ccccc54)ccc3B3c4ccc(-n5c6ccccc6c6ccccc65)cc4N(c4c(-c5ccccc5)cncc4-c4ccccc4)c4cc(-c5ccccc5)cc2c43)=C1c1ccccc1. The molecule has 0 spiro atoms. The van der Waals surface area contributed by atoms with Crippen LogP contribution in [0.4, 0.5) is 28.4 Å². The van der Waals surface area contributed by atoms with E-state index in [1.165, 1.54) is 60.2 Å². The molecule has 6 heterocycles. The minimum absolute atomic E-state index is 0.121. The summed E-state index contributed by atoms with van der Waals surface area (Å²) in [5.74, 6) is -0.121. The molecule has 89 heavy (non-hydrogen) atoms. The van der Waals surface area contributed by atoms with Gasteiger partial charge in [-0.1, -0.05) is 237 Å². The zero-order chi connectivity index (χ0) is 58.5. The van der Waals surface area contributed by atoms with E-state index in [1.54, 1.807) is 0 Å². The average Bonchev–Trinajstić information content (AvgIpc) is 1.31. The van der Waals surface area contributed by atoms with Gasteiger partial charge in [-0.15, -0.1) is 0 Å². The Morgan fingerprint density at radius 1 is 0.348 bits per heavy atom. The first-order valence-electron chi connectivity index (χ1n) is 30.7. The molecule has 0 radical (unpaired) electrons. The molecule has 0 fully saturated rings. The normalized spacial score (nSPS) is 14.2. The Morgan fingerprint density at radius 3 is 1.24 bits per heavy atom. The number of benzene rings is 12. The maximum absolute atomic E-state index is 5.30. The Kier molecular flexibility index (Phi) is 11.7. The number of hydrogen-bond donors (Lipinski definition) is 0. The fourth-order valence-corrected chi connectivity index (χ4v) is 15.0. The molecule has 3 aliphatic heterocycles. The fraction of sp³-hybridized carbons (Fsp3) is 0.0244. The van der Waals surface area contributed by atoms with E-state index in [2.05, 4.69) is 335 Å². The van der Waals surface area contributed by atoms with Crippen molar-refractivity contribution in [2.24, 2.45) is 4.99 Å². The van der Waals surface area contributed by atoms with Crippen molar-refractivity contribution in [1.82, 2.24) is 14.1 Å². The highest BCUT2D eigenvalue weighted by atomic mass is 15.2. The molecule has 7 heteroatoms. The van der Waals surface area contributed by atoms with Crippen molar-refractivity contribution in [3.63, 3.8) is 0 Å². The second-order valence-electron chi connectivity index (χ2n) is 23.6. The Bertz CT molecular complexity index is 5200. The zero-order valence-electron chi connectivity index (χ0n) is 48.6. The molecule has 0 aliphatic carbocycles. The van der Waals surface area contributed by atoms with Gasteiger partial charge in [-0.25, -0.2) is 0 Å². The molecular formula is C82H55BN6. The van der Waals surface area contributed by atoms with Crippen molar-refractivity contribution >= 4 is 107 Å². The number of anilines is 5. The van der Waals surface area contributed by atoms with Crippen LogP contribution in [0.3, 0.4) is 0 Å². The van der Waals surface area contributed by atoms with Crippen LogP contribution in [0.15, 0.2) is 320 Å². The van der Waals surface area contributed by atoms with Gasteiger partial charge in [-0.2, -0.15) is 0 Å². The molecule has 3 aliphatic rings. The minimum Gasteiger partial charge on any atom is -0.314 e. The zero-order valence-corrected chi connectivity index (χ0v) is 48.6. The first kappa shape index (κ1) is 50.8. The highest BCUT2D eigenvalue weighted by Gasteiger charge is 2.47. The summed E-state index contributed by atoms with van der Waals surface area (Å²) in [6, 6.07) is 110. The van der Waals surface area contributed by atoms with E-state index in [0.717, 1.165) is 95.4 Å². The number of para-hydroxylation sites is 4. The van der Waals surface area contributed by atoms with Gasteiger partial charge in [-0.05, 0) is 110 Å². The van der Waals surface area contributed by atoms with E-state index in [4.69, 9.17) is 9.98 Å². The molecule has 18 rings (SSSR count). The number of dihydropyridines is 1. The van der Waals surface area contributed by atoms with Crippen LogP contribution in [-0.2, 0) is 0 Å². The number of allylic oxidation sites excluding steroid dienone is 1. The molecule has 0 N–H and O–H groups in total. The third kappa shape index (κ3) is 7.98. The van der Waals surface area contributed by atoms with Gasteiger partial charge in [0.2, 0.25) is 0 Å². The van der Waals surface area contributed by atoms with Crippen molar-refractivity contribution < 1.29 is 0 Å². The molecule has 0 saturated heterocycles. The van der Waals surface area contributed by atoms with Crippen molar-refractivity contribution in [1.29, 1.82) is 0 Å². The lowest BCUT2D eigenvalue weighted by Crippen LogP contribution is -2.62. The van der Waals surface area contributed by atoms with Crippen molar-refractivity contribution in [2.45, 2.75) is 5.92 Å². The lowest BCUT2D eigenvalue weighted by atomic mass is 9.33. The first-order valence-corrected chi connectivity index (χ1v) is 30.7. The van der Waals surface area contributed by atoms with Gasteiger partial charge >= 0.3 is 0 Å². The smallest absolute Gasteiger partial charge is 0.252 e. The number of nitrogens with zero attached hydrogens (tertiary/aromatic N) is 6. The molecule has 15 aromatic rings. The summed E-state index contributed by atoms with van der Waals surface area (Å²) in [5, 5.41) is 4.89. The minimum atomic E-state index is -0.225. The van der Waals surface area contributed by atoms with E-state index in [1.807, 2.05) is 0 Å². The number of pyridine rings is 1. The fourth-order valence-electron chi connectivity index (χ4n) is 15.0. The predicted octanol–water partition coefficient (Wildman–Crippen LogP) is 18.3. The topological polar surface area (TPSA) is 41.6 Å². The molecule has 1 unspecified atom stereocenters. The highest BCUT2D eigenvalue weighted by Crippen LogP contribution is 2.53. The van der Waals surface area contributed by atoms with Crippen LogP contribution in [-0.4, -0.2) is 33.6 Å². The van der Waals surface area contributed by atoms with Gasteiger partial charge in [0.25, 0.3) is 6.71 Å². The van der Waals surface area contributed by atoms with Crippen LogP contribution in [0.2, 0.25) is 0 Å². The van der Waals surface area contributed by atoms with E-state index >= 15 is 0 Å². The molecule has 0 bridgehead atoms. The van der Waals surface area contributed by atoms with Crippen LogP contribution < -0.4 is 26.2 Å².